The minimum Gasteiger partial charge on any atom is -0.492 e. The summed E-state index contributed by atoms with van der Waals surface area (Å²) in [4.78, 5) is 36.3. The number of rotatable bonds is 11. The molecule has 2 aromatic heterocycles. The lowest BCUT2D eigenvalue weighted by Crippen LogP contribution is -2.15. The van der Waals surface area contributed by atoms with Crippen molar-refractivity contribution in [2.24, 2.45) is 7.05 Å². The van der Waals surface area contributed by atoms with Crippen LogP contribution in [-0.2, 0) is 7.05 Å². The van der Waals surface area contributed by atoms with Crippen molar-refractivity contribution in [1.82, 2.24) is 20.1 Å². The summed E-state index contributed by atoms with van der Waals surface area (Å²) in [6.07, 6.45) is 0. The molecule has 15 heteroatoms. The zero-order chi connectivity index (χ0) is 32.9. The summed E-state index contributed by atoms with van der Waals surface area (Å²) in [5, 5.41) is 32.2. The first-order valence-electron chi connectivity index (χ1n) is 14.1. The van der Waals surface area contributed by atoms with E-state index >= 15 is 0 Å². The van der Waals surface area contributed by atoms with E-state index in [4.69, 9.17) is 16.3 Å². The molecule has 6 rings (SSSR count). The van der Waals surface area contributed by atoms with Crippen LogP contribution >= 0.6 is 11.6 Å². The van der Waals surface area contributed by atoms with Gasteiger partial charge in [0.2, 0.25) is 5.52 Å². The van der Waals surface area contributed by atoms with Crippen molar-refractivity contribution >= 4 is 57.3 Å². The lowest BCUT2D eigenvalue weighted by molar-refractivity contribution is -0.383. The zero-order valence-electron chi connectivity index (χ0n) is 24.6. The van der Waals surface area contributed by atoms with E-state index in [1.165, 1.54) is 12.1 Å². The molecule has 0 bridgehead atoms. The average Bonchev–Trinajstić information content (AvgIpc) is 3.71. The second-order valence-corrected chi connectivity index (χ2v) is 10.6. The average molecular weight is 653 g/mol. The molecule has 6 aromatic rings. The van der Waals surface area contributed by atoms with E-state index in [1.54, 1.807) is 78.5 Å². The largest absolute Gasteiger partial charge is 0.492 e. The van der Waals surface area contributed by atoms with E-state index in [2.05, 4.69) is 36.0 Å². The lowest BCUT2D eigenvalue weighted by Gasteiger charge is -2.10. The number of hydrogen-bond donors (Lipinski definition) is 3. The number of benzene rings is 4. The minimum absolute atomic E-state index is 0.0497. The number of fused-ring (bicyclic) bond motifs is 1. The van der Waals surface area contributed by atoms with Gasteiger partial charge >= 0.3 is 5.69 Å². The van der Waals surface area contributed by atoms with E-state index in [1.807, 2.05) is 12.1 Å². The molecular formula is C32H25ClN8O6. The Morgan fingerprint density at radius 1 is 0.936 bits per heavy atom. The normalized spacial score (nSPS) is 10.9. The molecule has 0 saturated carbocycles. The van der Waals surface area contributed by atoms with Gasteiger partial charge in [-0.3, -0.25) is 24.4 Å². The number of carbonyl (C=O) groups excluding carboxylic acids is 2. The van der Waals surface area contributed by atoms with Crippen LogP contribution in [0.4, 0.5) is 22.9 Å². The van der Waals surface area contributed by atoms with Crippen LogP contribution in [0.15, 0.2) is 95.6 Å². The number of aryl methyl sites for hydroxylation is 1. The standard InChI is InChI=1S/C32H25ClN8O6/c1-40-28(18-26(37-40)19-9-11-21(12-10-19)35-32(43)23-7-2-3-8-24(23)33)36-31(42)20-5-4-6-22(17-20)46-16-15-34-25-13-14-27(41(44)45)30-29(25)38-47-39-30/h2-14,17-18,34H,15-16H2,1H3,(H,35,43)(H,36,42). The third-order valence-electron chi connectivity index (χ3n) is 7.05. The second kappa shape index (κ2) is 13.4. The number of amides is 2. The smallest absolute Gasteiger partial charge is 0.300 e. The predicted molar refractivity (Wildman–Crippen MR) is 175 cm³/mol. The maximum atomic E-state index is 13.1. The molecule has 0 fully saturated rings. The Hall–Kier alpha value is -6.28. The fraction of sp³-hybridized carbons (Fsp3) is 0.0938. The number of hydrogen-bond acceptors (Lipinski definition) is 10. The zero-order valence-corrected chi connectivity index (χ0v) is 25.4. The highest BCUT2D eigenvalue weighted by Gasteiger charge is 2.19. The van der Waals surface area contributed by atoms with Crippen LogP contribution < -0.4 is 20.7 Å². The molecule has 0 aliphatic carbocycles. The highest BCUT2D eigenvalue weighted by atomic mass is 35.5. The first kappa shape index (κ1) is 30.7. The lowest BCUT2D eigenvalue weighted by atomic mass is 10.1. The van der Waals surface area contributed by atoms with Gasteiger partial charge in [0, 0.05) is 42.5 Å². The van der Waals surface area contributed by atoms with Crippen LogP contribution in [0.2, 0.25) is 5.02 Å². The Morgan fingerprint density at radius 2 is 1.72 bits per heavy atom. The Labute approximate surface area is 271 Å². The number of aromatic nitrogens is 4. The molecule has 0 unspecified atom stereocenters. The number of nitrogens with zero attached hydrogens (tertiary/aromatic N) is 5. The quantitative estimate of drug-likeness (QED) is 0.0831. The Bertz CT molecular complexity index is 2110. The van der Waals surface area contributed by atoms with Crippen molar-refractivity contribution in [3.8, 4) is 17.0 Å². The summed E-state index contributed by atoms with van der Waals surface area (Å²) in [5.74, 6) is 0.288. The topological polar surface area (TPSA) is 179 Å². The number of anilines is 3. The molecule has 47 heavy (non-hydrogen) atoms. The van der Waals surface area contributed by atoms with Gasteiger partial charge in [0.05, 0.1) is 26.9 Å². The highest BCUT2D eigenvalue weighted by Crippen LogP contribution is 2.29. The summed E-state index contributed by atoms with van der Waals surface area (Å²) in [6, 6.07) is 25.3. The van der Waals surface area contributed by atoms with Gasteiger partial charge in [0.1, 0.15) is 18.2 Å². The molecule has 0 spiro atoms. The molecular weight excluding hydrogens is 628 g/mol. The van der Waals surface area contributed by atoms with Gasteiger partial charge in [-0.15, -0.1) is 0 Å². The van der Waals surface area contributed by atoms with E-state index in [-0.39, 0.29) is 35.1 Å². The summed E-state index contributed by atoms with van der Waals surface area (Å²) >= 11 is 6.13. The molecule has 236 valence electrons. The molecule has 0 radical (unpaired) electrons. The summed E-state index contributed by atoms with van der Waals surface area (Å²) in [6.45, 7) is 0.561. The molecule has 0 aliphatic heterocycles. The number of nitro groups is 1. The van der Waals surface area contributed by atoms with Gasteiger partial charge < -0.3 is 20.7 Å². The molecule has 0 saturated heterocycles. The van der Waals surface area contributed by atoms with Gasteiger partial charge in [0.25, 0.3) is 11.8 Å². The van der Waals surface area contributed by atoms with Gasteiger partial charge in [-0.05, 0) is 58.8 Å². The van der Waals surface area contributed by atoms with Gasteiger partial charge in [-0.2, -0.15) is 5.10 Å². The third-order valence-corrected chi connectivity index (χ3v) is 7.38. The van der Waals surface area contributed by atoms with Crippen molar-refractivity contribution in [2.75, 3.05) is 29.1 Å². The minimum atomic E-state index is -0.553. The fourth-order valence-corrected chi connectivity index (χ4v) is 4.93. The summed E-state index contributed by atoms with van der Waals surface area (Å²) in [7, 11) is 1.72. The van der Waals surface area contributed by atoms with Crippen molar-refractivity contribution in [3.05, 3.63) is 117 Å². The number of nitro benzene ring substituents is 1. The molecule has 2 heterocycles. The maximum absolute atomic E-state index is 13.1. The van der Waals surface area contributed by atoms with Crippen molar-refractivity contribution in [3.63, 3.8) is 0 Å². The second-order valence-electron chi connectivity index (χ2n) is 10.2. The number of ether oxygens (including phenoxy) is 1. The van der Waals surface area contributed by atoms with Crippen LogP contribution in [0.1, 0.15) is 20.7 Å². The Morgan fingerprint density at radius 3 is 2.51 bits per heavy atom. The van der Waals surface area contributed by atoms with Gasteiger partial charge in [0.15, 0.2) is 5.52 Å². The van der Waals surface area contributed by atoms with Crippen molar-refractivity contribution in [1.29, 1.82) is 0 Å². The molecule has 14 nitrogen and oxygen atoms in total. The van der Waals surface area contributed by atoms with Crippen LogP contribution in [-0.4, -0.2) is 50.0 Å². The SMILES string of the molecule is Cn1nc(-c2ccc(NC(=O)c3ccccc3Cl)cc2)cc1NC(=O)c1cccc(OCCNc2ccc([N+](=O)[O-])c3nonc23)c1. The van der Waals surface area contributed by atoms with E-state index in [0.29, 0.717) is 51.3 Å². The van der Waals surface area contributed by atoms with E-state index in [0.717, 1.165) is 5.56 Å². The fourth-order valence-electron chi connectivity index (χ4n) is 4.71. The number of carbonyl (C=O) groups is 2. The predicted octanol–water partition coefficient (Wildman–Crippen LogP) is 6.18. The highest BCUT2D eigenvalue weighted by molar-refractivity contribution is 6.34. The van der Waals surface area contributed by atoms with E-state index in [9.17, 15) is 19.7 Å². The molecule has 2 amide bonds. The van der Waals surface area contributed by atoms with Gasteiger partial charge in [-0.1, -0.05) is 41.9 Å². The van der Waals surface area contributed by atoms with Crippen LogP contribution in [0.3, 0.4) is 0 Å². The molecule has 0 aliphatic rings. The molecule has 3 N–H and O–H groups in total. The van der Waals surface area contributed by atoms with E-state index < -0.39 is 4.92 Å². The first-order valence-corrected chi connectivity index (χ1v) is 14.5. The van der Waals surface area contributed by atoms with Crippen LogP contribution in [0, 0.1) is 10.1 Å². The van der Waals surface area contributed by atoms with Gasteiger partial charge in [-0.25, -0.2) is 4.63 Å². The number of halogens is 1. The summed E-state index contributed by atoms with van der Waals surface area (Å²) in [5.41, 5.74) is 3.36. The van der Waals surface area contributed by atoms with Crippen LogP contribution in [0.5, 0.6) is 5.75 Å². The maximum Gasteiger partial charge on any atom is 0.300 e. The summed E-state index contributed by atoms with van der Waals surface area (Å²) < 4.78 is 12.1. The first-order chi connectivity index (χ1) is 22.8. The number of non-ortho nitro benzene ring substituents is 1. The third kappa shape index (κ3) is 6.87. The molecule has 4 aromatic carbocycles. The van der Waals surface area contributed by atoms with Crippen LogP contribution in [0.25, 0.3) is 22.3 Å². The Balaban J connectivity index is 1.04. The van der Waals surface area contributed by atoms with Crippen molar-refractivity contribution in [2.45, 2.75) is 0 Å². The van der Waals surface area contributed by atoms with Crippen molar-refractivity contribution < 1.29 is 23.9 Å². The monoisotopic (exact) mass is 652 g/mol. The Kier molecular flexibility index (Phi) is 8.75. The molecule has 0 atom stereocenters. The number of nitrogens with one attached hydrogen (secondary N) is 3.